The van der Waals surface area contributed by atoms with Crippen LogP contribution in [-0.4, -0.2) is 54.8 Å². The normalized spacial score (nSPS) is 19.8. The lowest BCUT2D eigenvalue weighted by Crippen LogP contribution is -2.50. The Hall–Kier alpha value is -3.46. The third-order valence-corrected chi connectivity index (χ3v) is 10.7. The zero-order valence-corrected chi connectivity index (χ0v) is 26.4. The van der Waals surface area contributed by atoms with Crippen LogP contribution in [0, 0.1) is 17.3 Å². The van der Waals surface area contributed by atoms with Gasteiger partial charge in [0.2, 0.25) is 5.91 Å². The SMILES string of the molecule is CC(C)(C)[S+]([O-])N[C@@H]1c2ccccc2CC12CCN(c1ncc(C#CCN3Cc4ccc(C(N)=O)cc4C3)nc1CO)CC2. The van der Waals surface area contributed by atoms with Crippen molar-refractivity contribution in [2.75, 3.05) is 24.5 Å². The number of primary amides is 1. The highest BCUT2D eigenvalue weighted by atomic mass is 32.2. The van der Waals surface area contributed by atoms with Gasteiger partial charge in [-0.3, -0.25) is 9.69 Å². The molecule has 6 rings (SSSR count). The number of aliphatic hydroxyl groups excluding tert-OH is 1. The number of nitrogens with zero attached hydrogens (tertiary/aromatic N) is 4. The van der Waals surface area contributed by atoms with Crippen LogP contribution in [-0.2, 0) is 37.5 Å². The molecule has 2 atom stereocenters. The molecule has 1 aromatic heterocycles. The van der Waals surface area contributed by atoms with Crippen molar-refractivity contribution in [2.24, 2.45) is 11.1 Å². The van der Waals surface area contributed by atoms with Crippen molar-refractivity contribution in [3.05, 3.63) is 87.9 Å². The van der Waals surface area contributed by atoms with Crippen LogP contribution < -0.4 is 15.4 Å². The molecule has 3 heterocycles. The molecule has 1 saturated heterocycles. The predicted octanol–water partition coefficient (Wildman–Crippen LogP) is 3.37. The third-order valence-electron chi connectivity index (χ3n) is 9.13. The number of nitrogens with one attached hydrogen (secondary N) is 1. The van der Waals surface area contributed by atoms with Crippen molar-refractivity contribution >= 4 is 23.1 Å². The Kier molecular flexibility index (Phi) is 8.44. The average molecular weight is 613 g/mol. The number of carbonyl (C=O) groups is 1. The molecule has 3 aromatic rings. The van der Waals surface area contributed by atoms with E-state index in [1.165, 1.54) is 16.7 Å². The number of benzene rings is 2. The van der Waals surface area contributed by atoms with E-state index in [4.69, 9.17) is 10.7 Å². The summed E-state index contributed by atoms with van der Waals surface area (Å²) in [5.41, 5.74) is 11.8. The first-order valence-corrected chi connectivity index (χ1v) is 16.3. The van der Waals surface area contributed by atoms with E-state index in [2.05, 4.69) is 55.6 Å². The maximum Gasteiger partial charge on any atom is 0.248 e. The lowest BCUT2D eigenvalue weighted by atomic mass is 9.73. The summed E-state index contributed by atoms with van der Waals surface area (Å²) < 4.78 is 16.4. The molecule has 0 bridgehead atoms. The van der Waals surface area contributed by atoms with Gasteiger partial charge in [0, 0.05) is 48.5 Å². The van der Waals surface area contributed by atoms with E-state index in [-0.39, 0.29) is 22.8 Å². The second-order valence-electron chi connectivity index (χ2n) is 13.1. The highest BCUT2D eigenvalue weighted by Gasteiger charge is 2.50. The van der Waals surface area contributed by atoms with E-state index in [0.29, 0.717) is 35.9 Å². The molecule has 1 spiro atoms. The molecule has 230 valence electrons. The zero-order valence-electron chi connectivity index (χ0n) is 25.6. The van der Waals surface area contributed by atoms with Crippen LogP contribution in [0.3, 0.4) is 0 Å². The number of nitrogens with two attached hydrogens (primary N) is 1. The second kappa shape index (κ2) is 12.1. The van der Waals surface area contributed by atoms with Crippen molar-refractivity contribution < 1.29 is 14.5 Å². The molecule has 9 nitrogen and oxygen atoms in total. The maximum absolute atomic E-state index is 13.2. The fourth-order valence-electron chi connectivity index (χ4n) is 6.71. The number of hydrogen-bond acceptors (Lipinski definition) is 8. The van der Waals surface area contributed by atoms with Crippen molar-refractivity contribution in [1.29, 1.82) is 0 Å². The molecule has 3 aliphatic rings. The first-order valence-electron chi connectivity index (χ1n) is 15.2. The number of anilines is 1. The minimum atomic E-state index is -1.18. The van der Waals surface area contributed by atoms with Crippen molar-refractivity contribution in [1.82, 2.24) is 19.6 Å². The minimum absolute atomic E-state index is 0.0237. The first kappa shape index (κ1) is 30.6. The Morgan fingerprint density at radius 3 is 2.64 bits per heavy atom. The lowest BCUT2D eigenvalue weighted by Gasteiger charge is -2.44. The van der Waals surface area contributed by atoms with Gasteiger partial charge in [0.1, 0.15) is 16.1 Å². The summed E-state index contributed by atoms with van der Waals surface area (Å²) in [5, 5.41) is 10.2. The number of hydrogen-bond donors (Lipinski definition) is 3. The minimum Gasteiger partial charge on any atom is -0.598 e. The van der Waals surface area contributed by atoms with Gasteiger partial charge in [-0.05, 0) is 80.3 Å². The molecule has 1 amide bonds. The van der Waals surface area contributed by atoms with Gasteiger partial charge in [-0.2, -0.15) is 0 Å². The standard InChI is InChI=1S/C34H40N6O3S/c1-33(2,3)44(43)38-30-28-9-5-4-7-24(28)18-34(30)12-15-40(16-13-34)32-29(22-41)37-27(19-36-32)8-6-14-39-20-25-11-10-23(31(35)42)17-26(25)21-39/h4-5,7,9-11,17,19,30,38,41H,12-16,18,20-22H2,1-3H3,(H2,35,42)/t30-,44?/m1/s1. The maximum atomic E-state index is 13.2. The number of rotatable bonds is 6. The number of piperidine rings is 1. The monoisotopic (exact) mass is 612 g/mol. The van der Waals surface area contributed by atoms with Gasteiger partial charge in [-0.1, -0.05) is 36.3 Å². The Morgan fingerprint density at radius 1 is 1.16 bits per heavy atom. The molecule has 10 heteroatoms. The summed E-state index contributed by atoms with van der Waals surface area (Å²) in [7, 11) is 0. The van der Waals surface area contributed by atoms with Gasteiger partial charge in [0.05, 0.1) is 25.4 Å². The molecule has 2 aliphatic heterocycles. The number of carbonyl (C=O) groups excluding carboxylic acids is 1. The second-order valence-corrected chi connectivity index (χ2v) is 15.1. The molecule has 0 radical (unpaired) electrons. The van der Waals surface area contributed by atoms with E-state index < -0.39 is 17.3 Å². The third kappa shape index (κ3) is 6.08. The van der Waals surface area contributed by atoms with Gasteiger partial charge in [0.25, 0.3) is 0 Å². The van der Waals surface area contributed by atoms with Gasteiger partial charge in [-0.25, -0.2) is 9.97 Å². The smallest absolute Gasteiger partial charge is 0.248 e. The quantitative estimate of drug-likeness (QED) is 0.285. The number of aliphatic hydroxyl groups is 1. The van der Waals surface area contributed by atoms with Crippen LogP contribution in [0.25, 0.3) is 0 Å². The van der Waals surface area contributed by atoms with Crippen LogP contribution in [0.4, 0.5) is 5.82 Å². The van der Waals surface area contributed by atoms with Crippen LogP contribution >= 0.6 is 0 Å². The summed E-state index contributed by atoms with van der Waals surface area (Å²) >= 11 is -1.18. The molecule has 44 heavy (non-hydrogen) atoms. The Labute approximate surface area is 262 Å². The van der Waals surface area contributed by atoms with Crippen LogP contribution in [0.15, 0.2) is 48.7 Å². The summed E-state index contributed by atoms with van der Waals surface area (Å²) in [6.45, 7) is 9.35. The predicted molar refractivity (Wildman–Crippen MR) is 172 cm³/mol. The average Bonchev–Trinajstić information content (AvgIpc) is 3.55. The number of amides is 1. The zero-order chi connectivity index (χ0) is 31.1. The topological polar surface area (TPSA) is 131 Å². The van der Waals surface area contributed by atoms with Crippen molar-refractivity contribution in [3.8, 4) is 11.8 Å². The summed E-state index contributed by atoms with van der Waals surface area (Å²) in [5.74, 6) is 6.59. The van der Waals surface area contributed by atoms with Crippen LogP contribution in [0.1, 0.15) is 83.7 Å². The fraction of sp³-hybridized carbons (Fsp3) is 0.441. The Balaban J connectivity index is 1.12. The van der Waals surface area contributed by atoms with Crippen LogP contribution in [0.2, 0.25) is 0 Å². The van der Waals surface area contributed by atoms with Gasteiger partial charge >= 0.3 is 0 Å². The molecule has 0 saturated carbocycles. The highest BCUT2D eigenvalue weighted by molar-refractivity contribution is 7.90. The molecule has 4 N–H and O–H groups in total. The van der Waals surface area contributed by atoms with Gasteiger partial charge < -0.3 is 20.3 Å². The molecule has 1 aliphatic carbocycles. The largest absolute Gasteiger partial charge is 0.598 e. The lowest BCUT2D eigenvalue weighted by molar-refractivity contribution is 0.1000. The first-order chi connectivity index (χ1) is 21.1. The molecular weight excluding hydrogens is 572 g/mol. The summed E-state index contributed by atoms with van der Waals surface area (Å²) in [6.07, 6.45) is 4.46. The fourth-order valence-corrected chi connectivity index (χ4v) is 7.66. The highest BCUT2D eigenvalue weighted by Crippen LogP contribution is 2.53. The molecule has 1 fully saturated rings. The number of aromatic nitrogens is 2. The van der Waals surface area contributed by atoms with E-state index in [0.717, 1.165) is 44.5 Å². The molecular formula is C34H40N6O3S. The van der Waals surface area contributed by atoms with E-state index in [9.17, 15) is 14.5 Å². The van der Waals surface area contributed by atoms with Crippen molar-refractivity contribution in [3.63, 3.8) is 0 Å². The summed E-state index contributed by atoms with van der Waals surface area (Å²) in [6, 6.07) is 14.1. The van der Waals surface area contributed by atoms with E-state index in [1.54, 1.807) is 12.3 Å². The molecule has 1 unspecified atom stereocenters. The Morgan fingerprint density at radius 2 is 1.91 bits per heavy atom. The van der Waals surface area contributed by atoms with Gasteiger partial charge in [-0.15, -0.1) is 4.72 Å². The van der Waals surface area contributed by atoms with E-state index >= 15 is 0 Å². The number of fused-ring (bicyclic) bond motifs is 2. The Bertz CT molecular complexity index is 1620. The van der Waals surface area contributed by atoms with Crippen molar-refractivity contribution in [2.45, 2.75) is 70.5 Å². The van der Waals surface area contributed by atoms with Gasteiger partial charge in [0.15, 0.2) is 5.82 Å². The van der Waals surface area contributed by atoms with Crippen LogP contribution in [0.5, 0.6) is 0 Å². The molecule has 2 aromatic carbocycles. The van der Waals surface area contributed by atoms with E-state index in [1.807, 2.05) is 32.9 Å². The summed E-state index contributed by atoms with van der Waals surface area (Å²) in [4.78, 5) is 25.3.